The Balaban J connectivity index is 2.21. The lowest BCUT2D eigenvalue weighted by molar-refractivity contribution is 0.355. The molecule has 1 aliphatic rings. The minimum atomic E-state index is 0.394. The predicted octanol–water partition coefficient (Wildman–Crippen LogP) is 2.68. The second-order valence-electron chi connectivity index (χ2n) is 5.15. The van der Waals surface area contributed by atoms with E-state index in [4.69, 9.17) is 17.3 Å². The van der Waals surface area contributed by atoms with E-state index in [1.165, 1.54) is 6.42 Å². The summed E-state index contributed by atoms with van der Waals surface area (Å²) in [5.41, 5.74) is 6.43. The number of nitrogens with zero attached hydrogens (tertiary/aromatic N) is 2. The average Bonchev–Trinajstić information content (AvgIpc) is 2.28. The van der Waals surface area contributed by atoms with Crippen LogP contribution in [0.4, 0.5) is 5.82 Å². The van der Waals surface area contributed by atoms with Crippen LogP contribution in [-0.4, -0.2) is 18.1 Å². The topological polar surface area (TPSA) is 42.1 Å². The van der Waals surface area contributed by atoms with Gasteiger partial charge in [0.15, 0.2) is 0 Å². The molecular weight excluding hydrogens is 234 g/mol. The standard InChI is InChI=1S/C13H20ClN3/c1-9-5-10(2)8-17(7-9)13-4-3-11(14)12(6-15)16-13/h3-4,9-10H,5-8,15H2,1-2H3. The normalized spacial score (nSPS) is 25.1. The Morgan fingerprint density at radius 3 is 2.59 bits per heavy atom. The van der Waals surface area contributed by atoms with Crippen molar-refractivity contribution in [3.8, 4) is 0 Å². The van der Waals surface area contributed by atoms with Gasteiger partial charge in [-0.1, -0.05) is 25.4 Å². The SMILES string of the molecule is CC1CC(C)CN(c2ccc(Cl)c(CN)n2)C1. The summed E-state index contributed by atoms with van der Waals surface area (Å²) in [5, 5.41) is 0.661. The zero-order valence-electron chi connectivity index (χ0n) is 10.5. The first-order valence-corrected chi connectivity index (χ1v) is 6.58. The highest BCUT2D eigenvalue weighted by atomic mass is 35.5. The first kappa shape index (κ1) is 12.7. The second-order valence-corrected chi connectivity index (χ2v) is 5.56. The minimum absolute atomic E-state index is 0.394. The summed E-state index contributed by atoms with van der Waals surface area (Å²) >= 11 is 6.03. The van der Waals surface area contributed by atoms with Gasteiger partial charge in [0, 0.05) is 19.6 Å². The molecule has 94 valence electrons. The smallest absolute Gasteiger partial charge is 0.128 e. The third kappa shape index (κ3) is 2.90. The van der Waals surface area contributed by atoms with Crippen LogP contribution in [-0.2, 0) is 6.54 Å². The fourth-order valence-corrected chi connectivity index (χ4v) is 2.82. The third-order valence-electron chi connectivity index (χ3n) is 3.29. The number of pyridine rings is 1. The number of hydrogen-bond donors (Lipinski definition) is 1. The zero-order valence-corrected chi connectivity index (χ0v) is 11.2. The molecule has 3 nitrogen and oxygen atoms in total. The highest BCUT2D eigenvalue weighted by Crippen LogP contribution is 2.26. The summed E-state index contributed by atoms with van der Waals surface area (Å²) in [6, 6.07) is 3.89. The summed E-state index contributed by atoms with van der Waals surface area (Å²) in [4.78, 5) is 6.89. The van der Waals surface area contributed by atoms with Crippen LogP contribution in [0, 0.1) is 11.8 Å². The Kier molecular flexibility index (Phi) is 3.89. The first-order valence-electron chi connectivity index (χ1n) is 6.20. The molecule has 4 heteroatoms. The molecule has 2 atom stereocenters. The molecule has 0 spiro atoms. The Bertz CT molecular complexity index is 384. The number of hydrogen-bond acceptors (Lipinski definition) is 3. The van der Waals surface area contributed by atoms with Crippen LogP contribution in [0.5, 0.6) is 0 Å². The van der Waals surface area contributed by atoms with Crippen molar-refractivity contribution in [3.63, 3.8) is 0 Å². The maximum Gasteiger partial charge on any atom is 0.128 e. The number of aromatic nitrogens is 1. The van der Waals surface area contributed by atoms with E-state index >= 15 is 0 Å². The maximum atomic E-state index is 6.03. The molecule has 0 amide bonds. The fraction of sp³-hybridized carbons (Fsp3) is 0.615. The van der Waals surface area contributed by atoms with Gasteiger partial charge in [-0.15, -0.1) is 0 Å². The highest BCUT2D eigenvalue weighted by Gasteiger charge is 2.22. The summed E-state index contributed by atoms with van der Waals surface area (Å²) in [5.74, 6) is 2.45. The lowest BCUT2D eigenvalue weighted by atomic mass is 9.92. The van der Waals surface area contributed by atoms with Gasteiger partial charge in [0.2, 0.25) is 0 Å². The summed E-state index contributed by atoms with van der Waals surface area (Å²) in [6.07, 6.45) is 1.30. The number of piperidine rings is 1. The Morgan fingerprint density at radius 1 is 1.35 bits per heavy atom. The Hall–Kier alpha value is -0.800. The van der Waals surface area contributed by atoms with E-state index in [1.807, 2.05) is 12.1 Å². The third-order valence-corrected chi connectivity index (χ3v) is 3.63. The lowest BCUT2D eigenvalue weighted by Gasteiger charge is -2.36. The van der Waals surface area contributed by atoms with Crippen molar-refractivity contribution in [2.24, 2.45) is 17.6 Å². The van der Waals surface area contributed by atoms with Gasteiger partial charge in [-0.2, -0.15) is 0 Å². The van der Waals surface area contributed by atoms with Crippen LogP contribution < -0.4 is 10.6 Å². The number of halogens is 1. The Morgan fingerprint density at radius 2 is 2.00 bits per heavy atom. The van der Waals surface area contributed by atoms with Crippen LogP contribution in [0.15, 0.2) is 12.1 Å². The number of nitrogens with two attached hydrogens (primary N) is 1. The molecule has 0 aromatic carbocycles. The largest absolute Gasteiger partial charge is 0.356 e. The summed E-state index contributed by atoms with van der Waals surface area (Å²) in [7, 11) is 0. The number of anilines is 1. The highest BCUT2D eigenvalue weighted by molar-refractivity contribution is 6.31. The van der Waals surface area contributed by atoms with Gasteiger partial charge in [-0.25, -0.2) is 4.98 Å². The molecule has 17 heavy (non-hydrogen) atoms. The Labute approximate surface area is 108 Å². The van der Waals surface area contributed by atoms with Crippen LogP contribution in [0.3, 0.4) is 0 Å². The minimum Gasteiger partial charge on any atom is -0.356 e. The van der Waals surface area contributed by atoms with Crippen molar-refractivity contribution in [2.75, 3.05) is 18.0 Å². The zero-order chi connectivity index (χ0) is 12.4. The van der Waals surface area contributed by atoms with Gasteiger partial charge in [-0.3, -0.25) is 0 Å². The molecule has 0 bridgehead atoms. The van der Waals surface area contributed by atoms with Gasteiger partial charge in [0.1, 0.15) is 5.82 Å². The van der Waals surface area contributed by atoms with E-state index in [0.29, 0.717) is 11.6 Å². The molecule has 2 unspecified atom stereocenters. The van der Waals surface area contributed by atoms with E-state index in [1.54, 1.807) is 0 Å². The van der Waals surface area contributed by atoms with Crippen molar-refractivity contribution in [1.82, 2.24) is 4.98 Å². The van der Waals surface area contributed by atoms with E-state index in [2.05, 4.69) is 23.7 Å². The predicted molar refractivity (Wildman–Crippen MR) is 72.3 cm³/mol. The van der Waals surface area contributed by atoms with Gasteiger partial charge in [0.05, 0.1) is 10.7 Å². The van der Waals surface area contributed by atoms with Crippen LogP contribution in [0.2, 0.25) is 5.02 Å². The molecule has 0 radical (unpaired) electrons. The molecule has 2 heterocycles. The monoisotopic (exact) mass is 253 g/mol. The number of rotatable bonds is 2. The van der Waals surface area contributed by atoms with E-state index < -0.39 is 0 Å². The molecule has 2 N–H and O–H groups in total. The second kappa shape index (κ2) is 5.23. The molecular formula is C13H20ClN3. The van der Waals surface area contributed by atoms with Gasteiger partial charge < -0.3 is 10.6 Å². The van der Waals surface area contributed by atoms with Crippen molar-refractivity contribution in [3.05, 3.63) is 22.8 Å². The van der Waals surface area contributed by atoms with Crippen molar-refractivity contribution >= 4 is 17.4 Å². The van der Waals surface area contributed by atoms with Crippen molar-refractivity contribution < 1.29 is 0 Å². The van der Waals surface area contributed by atoms with Crippen LogP contribution in [0.25, 0.3) is 0 Å². The molecule has 1 saturated heterocycles. The molecule has 2 rings (SSSR count). The molecule has 1 fully saturated rings. The summed E-state index contributed by atoms with van der Waals surface area (Å²) < 4.78 is 0. The van der Waals surface area contributed by atoms with Crippen molar-refractivity contribution in [1.29, 1.82) is 0 Å². The molecule has 0 aliphatic carbocycles. The molecule has 1 aromatic rings. The molecule has 0 saturated carbocycles. The summed E-state index contributed by atoms with van der Waals surface area (Å²) in [6.45, 7) is 7.13. The molecule has 1 aliphatic heterocycles. The van der Waals surface area contributed by atoms with Crippen LogP contribution in [0.1, 0.15) is 26.0 Å². The maximum absolute atomic E-state index is 6.03. The van der Waals surface area contributed by atoms with Gasteiger partial charge in [0.25, 0.3) is 0 Å². The van der Waals surface area contributed by atoms with Gasteiger partial charge >= 0.3 is 0 Å². The van der Waals surface area contributed by atoms with E-state index in [9.17, 15) is 0 Å². The van der Waals surface area contributed by atoms with Gasteiger partial charge in [-0.05, 0) is 30.4 Å². The van der Waals surface area contributed by atoms with E-state index in [-0.39, 0.29) is 0 Å². The average molecular weight is 254 g/mol. The molecule has 1 aromatic heterocycles. The van der Waals surface area contributed by atoms with Crippen LogP contribution >= 0.6 is 11.6 Å². The van der Waals surface area contributed by atoms with E-state index in [0.717, 1.165) is 36.4 Å². The first-order chi connectivity index (χ1) is 8.10. The fourth-order valence-electron chi connectivity index (χ4n) is 2.64. The van der Waals surface area contributed by atoms with Crippen molar-refractivity contribution in [2.45, 2.75) is 26.8 Å². The quantitative estimate of drug-likeness (QED) is 0.881. The lowest BCUT2D eigenvalue weighted by Crippen LogP contribution is -2.39.